The smallest absolute Gasteiger partial charge is 0.0933 e. The van der Waals surface area contributed by atoms with Crippen LogP contribution in [0, 0.1) is 0 Å². The standard InChI is InChI=1S/C19H24N2OS/c1-3-16-7-4-5-8-17(16)15-21-12-13-22-18(10-11-20-2)19-9-6-14-23-19/h3-9,12,14-15,18,20H,10-11,13H2,1-2H3/b16-3-,17-15-,21-12?. The van der Waals surface area contributed by atoms with Gasteiger partial charge in [-0.25, -0.2) is 0 Å². The van der Waals surface area contributed by atoms with Crippen molar-refractivity contribution in [2.24, 2.45) is 4.99 Å². The van der Waals surface area contributed by atoms with Crippen molar-refractivity contribution in [1.82, 2.24) is 5.32 Å². The molecule has 0 saturated heterocycles. The van der Waals surface area contributed by atoms with Gasteiger partial charge in [0, 0.05) is 17.3 Å². The minimum atomic E-state index is 0.130. The second-order valence-corrected chi connectivity index (χ2v) is 6.09. The van der Waals surface area contributed by atoms with Crippen LogP contribution in [-0.2, 0) is 4.74 Å². The number of hydrogen-bond donors (Lipinski definition) is 1. The lowest BCUT2D eigenvalue weighted by atomic mass is 10.2. The van der Waals surface area contributed by atoms with Crippen molar-refractivity contribution in [3.63, 3.8) is 0 Å². The summed E-state index contributed by atoms with van der Waals surface area (Å²) in [5.74, 6) is 0. The van der Waals surface area contributed by atoms with E-state index in [2.05, 4.69) is 46.0 Å². The molecule has 4 heteroatoms. The molecule has 0 radical (unpaired) electrons. The first-order valence-electron chi connectivity index (χ1n) is 7.88. The molecule has 0 bridgehead atoms. The summed E-state index contributed by atoms with van der Waals surface area (Å²) in [4.78, 5) is 5.64. The van der Waals surface area contributed by atoms with Crippen LogP contribution in [0.2, 0.25) is 0 Å². The number of nitrogens with zero attached hydrogens (tertiary/aromatic N) is 1. The van der Waals surface area contributed by atoms with Gasteiger partial charge in [0.25, 0.3) is 0 Å². The first kappa shape index (κ1) is 17.6. The van der Waals surface area contributed by atoms with Crippen LogP contribution in [0.25, 0.3) is 12.3 Å². The van der Waals surface area contributed by atoms with Gasteiger partial charge in [-0.1, -0.05) is 36.4 Å². The molecule has 0 spiro atoms. The van der Waals surface area contributed by atoms with Crippen molar-refractivity contribution in [3.05, 3.63) is 57.1 Å². The van der Waals surface area contributed by atoms with Crippen LogP contribution >= 0.6 is 11.3 Å². The third-order valence-corrected chi connectivity index (χ3v) is 4.48. The van der Waals surface area contributed by atoms with Crippen LogP contribution in [0.15, 0.2) is 46.8 Å². The Balaban J connectivity index is 1.94. The van der Waals surface area contributed by atoms with Gasteiger partial charge in [0.1, 0.15) is 0 Å². The highest BCUT2D eigenvalue weighted by Crippen LogP contribution is 2.24. The minimum absolute atomic E-state index is 0.130. The molecule has 23 heavy (non-hydrogen) atoms. The molecule has 1 N–H and O–H groups in total. The van der Waals surface area contributed by atoms with Crippen LogP contribution in [0.4, 0.5) is 0 Å². The fraction of sp³-hybridized carbons (Fsp3) is 0.316. The average Bonchev–Trinajstić information content (AvgIpc) is 3.12. The van der Waals surface area contributed by atoms with Crippen molar-refractivity contribution in [2.45, 2.75) is 19.4 Å². The summed E-state index contributed by atoms with van der Waals surface area (Å²) in [5.41, 5.74) is 0. The molecule has 1 heterocycles. The van der Waals surface area contributed by atoms with Crippen LogP contribution < -0.4 is 15.8 Å². The minimum Gasteiger partial charge on any atom is -0.367 e. The molecule has 0 saturated carbocycles. The number of aliphatic imine (C=N–C) groups is 1. The Morgan fingerprint density at radius 2 is 2.04 bits per heavy atom. The molecule has 0 aliphatic rings. The van der Waals surface area contributed by atoms with Crippen LogP contribution in [0.5, 0.6) is 0 Å². The van der Waals surface area contributed by atoms with Crippen molar-refractivity contribution < 1.29 is 4.74 Å². The molecular formula is C19H24N2OS. The van der Waals surface area contributed by atoms with Gasteiger partial charge in [-0.3, -0.25) is 4.99 Å². The predicted octanol–water partition coefficient (Wildman–Crippen LogP) is 2.72. The van der Waals surface area contributed by atoms with E-state index < -0.39 is 0 Å². The SMILES string of the molecule is C/C=c1/cccc/c1=C/N=CCOC(CCNC)c1cccs1. The summed E-state index contributed by atoms with van der Waals surface area (Å²) in [7, 11) is 1.96. The maximum atomic E-state index is 5.98. The summed E-state index contributed by atoms with van der Waals surface area (Å²) in [6.07, 6.45) is 6.88. The van der Waals surface area contributed by atoms with Gasteiger partial charge < -0.3 is 10.1 Å². The van der Waals surface area contributed by atoms with Crippen molar-refractivity contribution >= 4 is 29.8 Å². The maximum absolute atomic E-state index is 5.98. The highest BCUT2D eigenvalue weighted by molar-refractivity contribution is 7.10. The lowest BCUT2D eigenvalue weighted by Crippen LogP contribution is -2.22. The highest BCUT2D eigenvalue weighted by Gasteiger charge is 2.11. The zero-order chi connectivity index (χ0) is 16.3. The Labute approximate surface area is 142 Å². The molecule has 2 aromatic rings. The number of nitrogens with one attached hydrogen (secondary N) is 1. The summed E-state index contributed by atoms with van der Waals surface area (Å²) in [6, 6.07) is 12.4. The number of thiophene rings is 1. The molecule has 0 aliphatic heterocycles. The number of rotatable bonds is 8. The van der Waals surface area contributed by atoms with Crippen molar-refractivity contribution in [1.29, 1.82) is 0 Å². The monoisotopic (exact) mass is 328 g/mol. The van der Waals surface area contributed by atoms with Gasteiger partial charge in [-0.05, 0) is 48.8 Å². The summed E-state index contributed by atoms with van der Waals surface area (Å²) in [5, 5.41) is 7.58. The molecular weight excluding hydrogens is 304 g/mol. The Bertz CT molecular complexity index is 707. The van der Waals surface area contributed by atoms with Gasteiger partial charge in [0.15, 0.2) is 0 Å². The Kier molecular flexibility index (Phi) is 7.73. The molecule has 2 rings (SSSR count). The van der Waals surface area contributed by atoms with Crippen LogP contribution in [0.1, 0.15) is 24.3 Å². The average molecular weight is 328 g/mol. The van der Waals surface area contributed by atoms with E-state index in [-0.39, 0.29) is 6.10 Å². The quantitative estimate of drug-likeness (QED) is 0.756. The van der Waals surface area contributed by atoms with Gasteiger partial charge in [-0.2, -0.15) is 0 Å². The van der Waals surface area contributed by atoms with E-state index >= 15 is 0 Å². The lowest BCUT2D eigenvalue weighted by Gasteiger charge is -2.14. The largest absolute Gasteiger partial charge is 0.367 e. The third kappa shape index (κ3) is 5.75. The molecule has 0 fully saturated rings. The lowest BCUT2D eigenvalue weighted by molar-refractivity contribution is 0.0798. The van der Waals surface area contributed by atoms with E-state index in [1.807, 2.05) is 38.5 Å². The second-order valence-electron chi connectivity index (χ2n) is 5.11. The summed E-state index contributed by atoms with van der Waals surface area (Å²) < 4.78 is 5.98. The number of ether oxygens (including phenoxy) is 1. The third-order valence-electron chi connectivity index (χ3n) is 3.52. The first-order valence-corrected chi connectivity index (χ1v) is 8.76. The van der Waals surface area contributed by atoms with E-state index in [4.69, 9.17) is 4.74 Å². The van der Waals surface area contributed by atoms with E-state index in [0.29, 0.717) is 6.61 Å². The normalized spacial score (nSPS) is 14.7. The molecule has 1 atom stereocenters. The molecule has 1 aromatic carbocycles. The first-order chi connectivity index (χ1) is 11.3. The molecule has 3 nitrogen and oxygen atoms in total. The fourth-order valence-electron chi connectivity index (χ4n) is 2.28. The van der Waals surface area contributed by atoms with Crippen molar-refractivity contribution in [2.75, 3.05) is 20.2 Å². The van der Waals surface area contributed by atoms with Gasteiger partial charge >= 0.3 is 0 Å². The van der Waals surface area contributed by atoms with Crippen LogP contribution in [0.3, 0.4) is 0 Å². The second kappa shape index (κ2) is 10.1. The van der Waals surface area contributed by atoms with Gasteiger partial charge in [-0.15, -0.1) is 11.3 Å². The topological polar surface area (TPSA) is 33.6 Å². The molecule has 1 aromatic heterocycles. The Morgan fingerprint density at radius 1 is 1.22 bits per heavy atom. The van der Waals surface area contributed by atoms with E-state index in [1.54, 1.807) is 11.3 Å². The fourth-order valence-corrected chi connectivity index (χ4v) is 3.09. The zero-order valence-corrected chi connectivity index (χ0v) is 14.6. The molecule has 1 unspecified atom stereocenters. The molecule has 0 amide bonds. The number of hydrogen-bond acceptors (Lipinski definition) is 4. The highest BCUT2D eigenvalue weighted by atomic mass is 32.1. The predicted molar refractivity (Wildman–Crippen MR) is 100 cm³/mol. The van der Waals surface area contributed by atoms with E-state index in [9.17, 15) is 0 Å². The Hall–Kier alpha value is -1.75. The summed E-state index contributed by atoms with van der Waals surface area (Å²) in [6.45, 7) is 3.49. The Morgan fingerprint density at radius 3 is 2.74 bits per heavy atom. The molecule has 122 valence electrons. The van der Waals surface area contributed by atoms with Gasteiger partial charge in [0.2, 0.25) is 0 Å². The number of benzene rings is 1. The van der Waals surface area contributed by atoms with Crippen molar-refractivity contribution in [3.8, 4) is 0 Å². The van der Waals surface area contributed by atoms with E-state index in [1.165, 1.54) is 10.1 Å². The van der Waals surface area contributed by atoms with E-state index in [0.717, 1.165) is 18.2 Å². The van der Waals surface area contributed by atoms with Crippen LogP contribution in [-0.4, -0.2) is 26.4 Å². The maximum Gasteiger partial charge on any atom is 0.0933 e. The zero-order valence-electron chi connectivity index (χ0n) is 13.7. The van der Waals surface area contributed by atoms with Gasteiger partial charge in [0.05, 0.1) is 12.7 Å². The summed E-state index contributed by atoms with van der Waals surface area (Å²) >= 11 is 1.74. The molecule has 0 aliphatic carbocycles.